The van der Waals surface area contributed by atoms with Gasteiger partial charge in [-0.3, -0.25) is 9.69 Å². The number of amides is 1. The van der Waals surface area contributed by atoms with E-state index in [1.54, 1.807) is 11.3 Å². The molecule has 1 atom stereocenters. The van der Waals surface area contributed by atoms with Crippen LogP contribution in [-0.4, -0.2) is 42.0 Å². The predicted octanol–water partition coefficient (Wildman–Crippen LogP) is 3.36. The number of rotatable bonds is 6. The normalized spacial score (nSPS) is 19.9. The van der Waals surface area contributed by atoms with Crippen LogP contribution in [0, 0.1) is 5.92 Å². The third kappa shape index (κ3) is 4.43. The Morgan fingerprint density at radius 1 is 1.27 bits per heavy atom. The first-order valence-corrected chi connectivity index (χ1v) is 10.3. The van der Waals surface area contributed by atoms with Gasteiger partial charge in [-0.1, -0.05) is 18.2 Å². The number of fused-ring (bicyclic) bond motifs is 1. The van der Waals surface area contributed by atoms with E-state index in [-0.39, 0.29) is 5.91 Å². The van der Waals surface area contributed by atoms with Crippen molar-refractivity contribution in [2.24, 2.45) is 5.92 Å². The van der Waals surface area contributed by atoms with Crippen molar-refractivity contribution in [3.8, 4) is 5.75 Å². The van der Waals surface area contributed by atoms with E-state index in [4.69, 9.17) is 4.74 Å². The maximum Gasteiger partial charge on any atom is 0.240 e. The van der Waals surface area contributed by atoms with Crippen LogP contribution in [0.1, 0.15) is 29.8 Å². The Kier molecular flexibility index (Phi) is 5.51. The summed E-state index contributed by atoms with van der Waals surface area (Å²) in [5, 5.41) is 3.75. The second-order valence-corrected chi connectivity index (χ2v) is 8.24. The minimum Gasteiger partial charge on any atom is -0.493 e. The smallest absolute Gasteiger partial charge is 0.240 e. The molecule has 5 nitrogen and oxygen atoms in total. The molecular formula is C20H25N3O2S. The Balaban J connectivity index is 1.24. The molecule has 2 heterocycles. The standard InChI is InChI=1S/C20H25N3O2S/c24-19(22-20-21-17-9-4-10-18(17)26-20)13-23-11-5-6-15(12-23)14-25-16-7-2-1-3-8-16/h1-3,7-8,15H,4-6,9-14H2,(H,21,22,24). The summed E-state index contributed by atoms with van der Waals surface area (Å²) in [5.41, 5.74) is 1.18. The zero-order chi connectivity index (χ0) is 17.8. The molecule has 1 unspecified atom stereocenters. The van der Waals surface area contributed by atoms with Crippen molar-refractivity contribution in [3.63, 3.8) is 0 Å². The van der Waals surface area contributed by atoms with Gasteiger partial charge in [-0.2, -0.15) is 0 Å². The minimum atomic E-state index is 0.0436. The second-order valence-electron chi connectivity index (χ2n) is 7.16. The third-order valence-corrected chi connectivity index (χ3v) is 6.11. The van der Waals surface area contributed by atoms with Gasteiger partial charge in [0.25, 0.3) is 0 Å². The first kappa shape index (κ1) is 17.5. The summed E-state index contributed by atoms with van der Waals surface area (Å²) < 4.78 is 5.89. The van der Waals surface area contributed by atoms with Crippen molar-refractivity contribution in [3.05, 3.63) is 40.9 Å². The monoisotopic (exact) mass is 371 g/mol. The van der Waals surface area contributed by atoms with E-state index in [9.17, 15) is 4.79 Å². The Hall–Kier alpha value is -1.92. The van der Waals surface area contributed by atoms with Gasteiger partial charge in [0.2, 0.25) is 5.91 Å². The number of aryl methyl sites for hydroxylation is 2. The lowest BCUT2D eigenvalue weighted by Crippen LogP contribution is -2.42. The highest BCUT2D eigenvalue weighted by atomic mass is 32.1. The average Bonchev–Trinajstić information content (AvgIpc) is 3.22. The van der Waals surface area contributed by atoms with Crippen molar-refractivity contribution >= 4 is 22.4 Å². The number of piperidine rings is 1. The first-order chi connectivity index (χ1) is 12.8. The molecular weight excluding hydrogens is 346 g/mol. The number of nitrogens with one attached hydrogen (secondary N) is 1. The van der Waals surface area contributed by atoms with Crippen LogP contribution >= 0.6 is 11.3 Å². The van der Waals surface area contributed by atoms with Crippen molar-refractivity contribution in [1.82, 2.24) is 9.88 Å². The van der Waals surface area contributed by atoms with E-state index in [1.165, 1.54) is 17.0 Å². The van der Waals surface area contributed by atoms with Gasteiger partial charge in [-0.05, 0) is 50.8 Å². The molecule has 1 aliphatic heterocycles. The third-order valence-electron chi connectivity index (χ3n) is 5.04. The number of thiazole rings is 1. The Labute approximate surface area is 158 Å². The Morgan fingerprint density at radius 3 is 3.00 bits per heavy atom. The summed E-state index contributed by atoms with van der Waals surface area (Å²) >= 11 is 1.64. The van der Waals surface area contributed by atoms with Gasteiger partial charge in [0.1, 0.15) is 5.75 Å². The molecule has 6 heteroatoms. The zero-order valence-electron chi connectivity index (χ0n) is 14.9. The number of para-hydroxylation sites is 1. The lowest BCUT2D eigenvalue weighted by molar-refractivity contribution is -0.117. The number of anilines is 1. The highest BCUT2D eigenvalue weighted by molar-refractivity contribution is 7.15. The molecule has 1 aromatic heterocycles. The van der Waals surface area contributed by atoms with E-state index >= 15 is 0 Å². The van der Waals surface area contributed by atoms with Crippen LogP contribution < -0.4 is 10.1 Å². The van der Waals surface area contributed by atoms with Gasteiger partial charge in [0.05, 0.1) is 18.8 Å². The highest BCUT2D eigenvalue weighted by Crippen LogP contribution is 2.30. The first-order valence-electron chi connectivity index (χ1n) is 9.45. The number of likely N-dealkylation sites (tertiary alicyclic amines) is 1. The molecule has 0 radical (unpaired) electrons. The highest BCUT2D eigenvalue weighted by Gasteiger charge is 2.23. The summed E-state index contributed by atoms with van der Waals surface area (Å²) in [5.74, 6) is 1.43. The minimum absolute atomic E-state index is 0.0436. The number of aromatic nitrogens is 1. The number of carbonyl (C=O) groups is 1. The fourth-order valence-electron chi connectivity index (χ4n) is 3.77. The molecule has 1 aliphatic carbocycles. The molecule has 4 rings (SSSR count). The Morgan fingerprint density at radius 2 is 2.15 bits per heavy atom. The molecule has 1 fully saturated rings. The van der Waals surface area contributed by atoms with Gasteiger partial charge in [-0.25, -0.2) is 4.98 Å². The van der Waals surface area contributed by atoms with Gasteiger partial charge in [-0.15, -0.1) is 11.3 Å². The van der Waals surface area contributed by atoms with Crippen LogP contribution in [0.4, 0.5) is 5.13 Å². The average molecular weight is 372 g/mol. The lowest BCUT2D eigenvalue weighted by Gasteiger charge is -2.32. The SMILES string of the molecule is O=C(CN1CCCC(COc2ccccc2)C1)Nc1nc2c(s1)CCC2. The molecule has 138 valence electrons. The number of benzene rings is 1. The maximum atomic E-state index is 12.4. The van der Waals surface area contributed by atoms with Gasteiger partial charge in [0.15, 0.2) is 5.13 Å². The maximum absolute atomic E-state index is 12.4. The topological polar surface area (TPSA) is 54.5 Å². The van der Waals surface area contributed by atoms with Gasteiger partial charge >= 0.3 is 0 Å². The van der Waals surface area contributed by atoms with E-state index in [2.05, 4.69) is 15.2 Å². The Bertz CT molecular complexity index is 725. The van der Waals surface area contributed by atoms with E-state index in [1.807, 2.05) is 30.3 Å². The van der Waals surface area contributed by atoms with E-state index < -0.39 is 0 Å². The van der Waals surface area contributed by atoms with Gasteiger partial charge in [0, 0.05) is 17.3 Å². The number of carbonyl (C=O) groups excluding carboxylic acids is 1. The summed E-state index contributed by atoms with van der Waals surface area (Å²) in [6, 6.07) is 9.94. The van der Waals surface area contributed by atoms with Crippen LogP contribution in [0.15, 0.2) is 30.3 Å². The molecule has 0 saturated carbocycles. The quantitative estimate of drug-likeness (QED) is 0.846. The summed E-state index contributed by atoms with van der Waals surface area (Å²) in [6.07, 6.45) is 5.63. The van der Waals surface area contributed by atoms with Crippen LogP contribution in [-0.2, 0) is 17.6 Å². The van der Waals surface area contributed by atoms with Crippen LogP contribution in [0.5, 0.6) is 5.75 Å². The molecule has 26 heavy (non-hydrogen) atoms. The van der Waals surface area contributed by atoms with E-state index in [0.29, 0.717) is 19.1 Å². The largest absolute Gasteiger partial charge is 0.493 e. The van der Waals surface area contributed by atoms with Gasteiger partial charge < -0.3 is 10.1 Å². The summed E-state index contributed by atoms with van der Waals surface area (Å²) in [6.45, 7) is 3.03. The molecule has 1 aromatic carbocycles. The van der Waals surface area contributed by atoms with Crippen molar-refractivity contribution < 1.29 is 9.53 Å². The van der Waals surface area contributed by atoms with Crippen LogP contribution in [0.25, 0.3) is 0 Å². The van der Waals surface area contributed by atoms with E-state index in [0.717, 1.165) is 49.7 Å². The van der Waals surface area contributed by atoms with Crippen molar-refractivity contribution in [1.29, 1.82) is 0 Å². The predicted molar refractivity (Wildman–Crippen MR) is 104 cm³/mol. The molecule has 1 saturated heterocycles. The number of nitrogens with zero attached hydrogens (tertiary/aromatic N) is 2. The number of hydrogen-bond donors (Lipinski definition) is 1. The second kappa shape index (κ2) is 8.18. The molecule has 1 amide bonds. The fourth-order valence-corrected chi connectivity index (χ4v) is 4.83. The molecule has 0 bridgehead atoms. The molecule has 1 N–H and O–H groups in total. The fraction of sp³-hybridized carbons (Fsp3) is 0.500. The molecule has 2 aromatic rings. The van der Waals surface area contributed by atoms with Crippen molar-refractivity contribution in [2.75, 3.05) is 31.6 Å². The summed E-state index contributed by atoms with van der Waals surface area (Å²) in [4.78, 5) is 20.5. The summed E-state index contributed by atoms with van der Waals surface area (Å²) in [7, 11) is 0. The van der Waals surface area contributed by atoms with Crippen LogP contribution in [0.2, 0.25) is 0 Å². The van der Waals surface area contributed by atoms with Crippen LogP contribution in [0.3, 0.4) is 0 Å². The zero-order valence-corrected chi connectivity index (χ0v) is 15.8. The lowest BCUT2D eigenvalue weighted by atomic mass is 9.99. The number of hydrogen-bond acceptors (Lipinski definition) is 5. The number of ether oxygens (including phenoxy) is 1. The molecule has 0 spiro atoms. The van der Waals surface area contributed by atoms with Crippen molar-refractivity contribution in [2.45, 2.75) is 32.1 Å². The molecule has 2 aliphatic rings.